The van der Waals surface area contributed by atoms with E-state index in [2.05, 4.69) is 60.4 Å². The molecule has 1 unspecified atom stereocenters. The van der Waals surface area contributed by atoms with Crippen molar-refractivity contribution in [2.75, 3.05) is 31.1 Å². The van der Waals surface area contributed by atoms with Crippen molar-refractivity contribution in [3.8, 4) is 5.82 Å². The van der Waals surface area contributed by atoms with Gasteiger partial charge >= 0.3 is 0 Å². The van der Waals surface area contributed by atoms with Gasteiger partial charge in [0.05, 0.1) is 5.92 Å². The fraction of sp³-hybridized carbons (Fsp3) is 0.458. The number of rotatable bonds is 5. The number of likely N-dealkylation sites (tertiary alicyclic amines) is 1. The predicted octanol–water partition coefficient (Wildman–Crippen LogP) is 2.76. The third-order valence-electron chi connectivity index (χ3n) is 6.68. The average Bonchev–Trinajstić information content (AvgIpc) is 3.40. The number of anilines is 1. The molecule has 0 bridgehead atoms. The first-order valence-corrected chi connectivity index (χ1v) is 11.5. The third-order valence-corrected chi connectivity index (χ3v) is 6.68. The molecule has 0 radical (unpaired) electrons. The summed E-state index contributed by atoms with van der Waals surface area (Å²) in [4.78, 5) is 21.5. The van der Waals surface area contributed by atoms with E-state index >= 15 is 0 Å². The zero-order valence-corrected chi connectivity index (χ0v) is 18.3. The van der Waals surface area contributed by atoms with Gasteiger partial charge in [-0.3, -0.25) is 4.79 Å². The smallest absolute Gasteiger partial charge is 0.227 e. The van der Waals surface area contributed by atoms with Gasteiger partial charge in [-0.05, 0) is 55.7 Å². The van der Waals surface area contributed by atoms with Crippen LogP contribution >= 0.6 is 0 Å². The summed E-state index contributed by atoms with van der Waals surface area (Å²) in [5.41, 5.74) is 1.40. The molecule has 0 N–H and O–H groups in total. The number of aromatic nitrogens is 5. The zero-order valence-electron chi connectivity index (χ0n) is 18.3. The summed E-state index contributed by atoms with van der Waals surface area (Å²) in [7, 11) is 0. The molecule has 1 amide bonds. The summed E-state index contributed by atoms with van der Waals surface area (Å²) in [6.07, 6.45) is 8.31. The molecular weight excluding hydrogens is 402 g/mol. The van der Waals surface area contributed by atoms with E-state index in [1.54, 1.807) is 11.0 Å². The Labute approximate surface area is 188 Å². The van der Waals surface area contributed by atoms with Crippen LogP contribution in [-0.4, -0.2) is 61.9 Å². The van der Waals surface area contributed by atoms with Gasteiger partial charge in [-0.25, -0.2) is 9.67 Å². The zero-order chi connectivity index (χ0) is 21.8. The summed E-state index contributed by atoms with van der Waals surface area (Å²) in [5, 5.41) is 12.7. The minimum absolute atomic E-state index is 0.0335. The fourth-order valence-electron chi connectivity index (χ4n) is 4.89. The van der Waals surface area contributed by atoms with E-state index in [9.17, 15) is 4.79 Å². The van der Waals surface area contributed by atoms with Crippen LogP contribution in [0.4, 0.5) is 5.82 Å². The van der Waals surface area contributed by atoms with Gasteiger partial charge in [0, 0.05) is 26.2 Å². The van der Waals surface area contributed by atoms with Crippen molar-refractivity contribution in [2.45, 2.75) is 32.1 Å². The highest BCUT2D eigenvalue weighted by Crippen LogP contribution is 2.27. The molecule has 8 heteroatoms. The molecular formula is C24H29N7O. The van der Waals surface area contributed by atoms with Crippen LogP contribution in [-0.2, 0) is 11.2 Å². The van der Waals surface area contributed by atoms with Crippen LogP contribution in [0, 0.1) is 11.8 Å². The molecule has 166 valence electrons. The number of nitrogens with zero attached hydrogens (tertiary/aromatic N) is 7. The molecule has 0 saturated carbocycles. The molecule has 32 heavy (non-hydrogen) atoms. The number of benzene rings is 1. The molecule has 1 atom stereocenters. The molecule has 0 spiro atoms. The number of carbonyl (C=O) groups excluding carboxylic acids is 1. The lowest BCUT2D eigenvalue weighted by molar-refractivity contribution is -0.137. The molecule has 8 nitrogen and oxygen atoms in total. The molecule has 2 aromatic heterocycles. The Morgan fingerprint density at radius 1 is 0.938 bits per heavy atom. The number of amides is 1. The largest absolute Gasteiger partial charge is 0.354 e. The number of carbonyl (C=O) groups is 1. The monoisotopic (exact) mass is 431 g/mol. The van der Waals surface area contributed by atoms with Gasteiger partial charge in [-0.2, -0.15) is 5.10 Å². The standard InChI is InChI=1S/C24H29N7O/c32-24(29-13-10-20(11-14-29)15-19-5-2-1-3-6-19)21-7-4-12-30(16-21)22-8-9-23(28-27-22)31-18-25-17-26-31/h1-3,5-6,8-9,17-18,20-21H,4,7,10-16H2. The molecule has 4 heterocycles. The Kier molecular flexibility index (Phi) is 6.09. The second kappa shape index (κ2) is 9.46. The minimum Gasteiger partial charge on any atom is -0.354 e. The predicted molar refractivity (Wildman–Crippen MR) is 121 cm³/mol. The highest BCUT2D eigenvalue weighted by Gasteiger charge is 2.32. The van der Waals surface area contributed by atoms with Crippen molar-refractivity contribution >= 4 is 11.7 Å². The van der Waals surface area contributed by atoms with Gasteiger partial charge in [-0.1, -0.05) is 30.3 Å². The van der Waals surface area contributed by atoms with Gasteiger partial charge in [0.1, 0.15) is 12.7 Å². The summed E-state index contributed by atoms with van der Waals surface area (Å²) < 4.78 is 1.58. The average molecular weight is 432 g/mol. The van der Waals surface area contributed by atoms with Crippen LogP contribution < -0.4 is 4.90 Å². The third kappa shape index (κ3) is 4.64. The molecule has 2 saturated heterocycles. The van der Waals surface area contributed by atoms with Gasteiger partial charge in [0.15, 0.2) is 11.6 Å². The lowest BCUT2D eigenvalue weighted by Crippen LogP contribution is -2.47. The summed E-state index contributed by atoms with van der Waals surface area (Å²) in [6.45, 7) is 3.36. The number of hydrogen-bond donors (Lipinski definition) is 0. The minimum atomic E-state index is 0.0335. The Bertz CT molecular complexity index is 999. The van der Waals surface area contributed by atoms with Gasteiger partial charge in [0.2, 0.25) is 5.91 Å². The van der Waals surface area contributed by atoms with E-state index in [1.165, 1.54) is 11.9 Å². The SMILES string of the molecule is O=C(C1CCCN(c2ccc(-n3cncn3)nn2)C1)N1CCC(Cc2ccccc2)CC1. The first-order chi connectivity index (χ1) is 15.8. The molecule has 5 rings (SSSR count). The topological polar surface area (TPSA) is 80.0 Å². The van der Waals surface area contributed by atoms with Crippen molar-refractivity contribution in [3.05, 3.63) is 60.7 Å². The summed E-state index contributed by atoms with van der Waals surface area (Å²) in [5.74, 6) is 2.46. The maximum atomic E-state index is 13.2. The molecule has 2 fully saturated rings. The van der Waals surface area contributed by atoms with Gasteiger partial charge < -0.3 is 9.80 Å². The van der Waals surface area contributed by atoms with E-state index in [-0.39, 0.29) is 5.92 Å². The van der Waals surface area contributed by atoms with Crippen LogP contribution in [0.3, 0.4) is 0 Å². The second-order valence-corrected chi connectivity index (χ2v) is 8.83. The summed E-state index contributed by atoms with van der Waals surface area (Å²) >= 11 is 0. The highest BCUT2D eigenvalue weighted by molar-refractivity contribution is 5.79. The quantitative estimate of drug-likeness (QED) is 0.618. The Morgan fingerprint density at radius 2 is 1.72 bits per heavy atom. The lowest BCUT2D eigenvalue weighted by Gasteiger charge is -2.38. The second-order valence-electron chi connectivity index (χ2n) is 8.83. The molecule has 1 aromatic carbocycles. The van der Waals surface area contributed by atoms with Crippen LogP contribution in [0.1, 0.15) is 31.2 Å². The van der Waals surface area contributed by atoms with Crippen LogP contribution in [0.2, 0.25) is 0 Å². The van der Waals surface area contributed by atoms with E-state index < -0.39 is 0 Å². The Hall–Kier alpha value is -3.29. The van der Waals surface area contributed by atoms with Gasteiger partial charge in [-0.15, -0.1) is 10.2 Å². The van der Waals surface area contributed by atoms with E-state index in [4.69, 9.17) is 0 Å². The van der Waals surface area contributed by atoms with Crippen molar-refractivity contribution < 1.29 is 4.79 Å². The maximum absolute atomic E-state index is 13.2. The van der Waals surface area contributed by atoms with Crippen molar-refractivity contribution in [1.29, 1.82) is 0 Å². The molecule has 3 aromatic rings. The van der Waals surface area contributed by atoms with Crippen molar-refractivity contribution in [1.82, 2.24) is 29.9 Å². The summed E-state index contributed by atoms with van der Waals surface area (Å²) in [6, 6.07) is 14.5. The highest BCUT2D eigenvalue weighted by atomic mass is 16.2. The first kappa shape index (κ1) is 20.6. The molecule has 2 aliphatic rings. The van der Waals surface area contributed by atoms with E-state index in [0.717, 1.165) is 57.6 Å². The van der Waals surface area contributed by atoms with Crippen molar-refractivity contribution in [3.63, 3.8) is 0 Å². The van der Waals surface area contributed by atoms with Crippen LogP contribution in [0.25, 0.3) is 5.82 Å². The molecule has 0 aliphatic carbocycles. The number of hydrogen-bond acceptors (Lipinski definition) is 6. The maximum Gasteiger partial charge on any atom is 0.227 e. The van der Waals surface area contributed by atoms with E-state index in [1.807, 2.05) is 12.1 Å². The first-order valence-electron chi connectivity index (χ1n) is 11.5. The van der Waals surface area contributed by atoms with Crippen LogP contribution in [0.5, 0.6) is 0 Å². The fourth-order valence-corrected chi connectivity index (χ4v) is 4.89. The normalized spacial score (nSPS) is 19.8. The lowest BCUT2D eigenvalue weighted by atomic mass is 9.89. The van der Waals surface area contributed by atoms with Gasteiger partial charge in [0.25, 0.3) is 0 Å². The number of piperidine rings is 2. The Balaban J connectivity index is 1.15. The molecule has 2 aliphatic heterocycles. The Morgan fingerprint density at radius 3 is 2.44 bits per heavy atom. The van der Waals surface area contributed by atoms with Crippen molar-refractivity contribution in [2.24, 2.45) is 11.8 Å². The van der Waals surface area contributed by atoms with Crippen LogP contribution in [0.15, 0.2) is 55.1 Å². The van der Waals surface area contributed by atoms with E-state index in [0.29, 0.717) is 24.2 Å².